The number of nitrogens with zero attached hydrogens (tertiary/aromatic N) is 3. The van der Waals surface area contributed by atoms with Crippen molar-refractivity contribution >= 4 is 7.60 Å². The van der Waals surface area contributed by atoms with Crippen LogP contribution in [-0.4, -0.2) is 69.6 Å². The van der Waals surface area contributed by atoms with E-state index in [4.69, 9.17) is 9.26 Å². The van der Waals surface area contributed by atoms with E-state index in [0.717, 1.165) is 5.56 Å². The molecule has 13 nitrogen and oxygen atoms in total. The van der Waals surface area contributed by atoms with Crippen LogP contribution in [0.3, 0.4) is 0 Å². The lowest BCUT2D eigenvalue weighted by atomic mass is 9.95. The molecule has 1 aromatic carbocycles. The van der Waals surface area contributed by atoms with Crippen LogP contribution in [0, 0.1) is 0 Å². The topological polar surface area (TPSA) is 193 Å². The van der Waals surface area contributed by atoms with Crippen LogP contribution in [0.2, 0.25) is 0 Å². The van der Waals surface area contributed by atoms with E-state index < -0.39 is 54.5 Å². The summed E-state index contributed by atoms with van der Waals surface area (Å²) in [6.07, 6.45) is -2.68. The molecule has 3 unspecified atom stereocenters. The Balaban J connectivity index is 1.55. The molecule has 3 aromatic rings. The van der Waals surface area contributed by atoms with Gasteiger partial charge in [0, 0.05) is 19.0 Å². The molecule has 6 atom stereocenters. The molecule has 1 aliphatic rings. The standard InChI is InChI=1S/C26H36N5O8P/c1-5-15(2)40(36,37)39-26(3,4)12-19-21(32)22(33)23(38-19)20-18(27-25(35)28-24(20)34)14-31-13-17(29-30-31)11-16-9-7-6-8-10-16/h6-10,13,15,19,21-23,32-33H,5,11-12,14H2,1-4H3,(H,36,37)(H2,27,28,34,35)/t15?,19-,21?,22+,23+/m1/s1. The van der Waals surface area contributed by atoms with Gasteiger partial charge in [0.2, 0.25) is 0 Å². The molecule has 3 heterocycles. The second-order valence-corrected chi connectivity index (χ2v) is 13.0. The average Bonchev–Trinajstić information content (AvgIpc) is 3.42. The molecule has 0 radical (unpaired) electrons. The molecule has 1 fully saturated rings. The fourth-order valence-electron chi connectivity index (χ4n) is 4.79. The van der Waals surface area contributed by atoms with Crippen LogP contribution in [0.25, 0.3) is 0 Å². The van der Waals surface area contributed by atoms with E-state index in [1.165, 1.54) is 4.68 Å². The number of hydrogen-bond donors (Lipinski definition) is 5. The molecule has 40 heavy (non-hydrogen) atoms. The summed E-state index contributed by atoms with van der Waals surface area (Å²) in [7, 11) is -3.96. The van der Waals surface area contributed by atoms with E-state index >= 15 is 0 Å². The molecule has 1 aliphatic heterocycles. The van der Waals surface area contributed by atoms with Gasteiger partial charge in [-0.2, -0.15) is 0 Å². The van der Waals surface area contributed by atoms with Crippen molar-refractivity contribution in [3.05, 3.63) is 79.9 Å². The minimum absolute atomic E-state index is 0.0504. The SMILES string of the molecule is CCC(C)P(=O)(O)OC(C)(C)C[C@H]1O[C@@H](c2c(Cn3cc(Cc4ccccc4)nn3)[nH]c(=O)[nH]c2=O)[C@@H](O)C1O. The Morgan fingerprint density at radius 1 is 1.18 bits per heavy atom. The molecule has 0 amide bonds. The van der Waals surface area contributed by atoms with Crippen molar-refractivity contribution in [2.45, 2.75) is 89.2 Å². The van der Waals surface area contributed by atoms with E-state index in [-0.39, 0.29) is 24.2 Å². The molecule has 1 saturated heterocycles. The third-order valence-electron chi connectivity index (χ3n) is 7.06. The Labute approximate surface area is 230 Å². The zero-order chi connectivity index (χ0) is 29.2. The molecule has 4 rings (SSSR count). The summed E-state index contributed by atoms with van der Waals surface area (Å²) in [6, 6.07) is 9.67. The first-order valence-corrected chi connectivity index (χ1v) is 14.8. The number of nitrogens with one attached hydrogen (secondary N) is 2. The molecule has 14 heteroatoms. The molecular weight excluding hydrogens is 541 g/mol. The highest BCUT2D eigenvalue weighted by Crippen LogP contribution is 2.53. The highest BCUT2D eigenvalue weighted by Gasteiger charge is 2.48. The lowest BCUT2D eigenvalue weighted by molar-refractivity contribution is -0.0403. The Hall–Kier alpha value is -2.93. The van der Waals surface area contributed by atoms with Crippen molar-refractivity contribution in [3.8, 4) is 0 Å². The quantitative estimate of drug-likeness (QED) is 0.209. The van der Waals surface area contributed by atoms with E-state index in [2.05, 4.69) is 20.3 Å². The molecule has 2 aromatic heterocycles. The Morgan fingerprint density at radius 3 is 2.55 bits per heavy atom. The Morgan fingerprint density at radius 2 is 1.88 bits per heavy atom. The number of rotatable bonds is 11. The predicted molar refractivity (Wildman–Crippen MR) is 145 cm³/mol. The number of benzene rings is 1. The normalized spacial score (nSPS) is 23.7. The van der Waals surface area contributed by atoms with Gasteiger partial charge in [-0.25, -0.2) is 9.48 Å². The summed E-state index contributed by atoms with van der Waals surface area (Å²) in [5.41, 5.74) is -1.56. The van der Waals surface area contributed by atoms with Crippen molar-refractivity contribution in [2.24, 2.45) is 0 Å². The number of aromatic nitrogens is 5. The summed E-state index contributed by atoms with van der Waals surface area (Å²) in [4.78, 5) is 40.2. The van der Waals surface area contributed by atoms with E-state index in [1.54, 1.807) is 33.9 Å². The summed E-state index contributed by atoms with van der Waals surface area (Å²) in [5, 5.41) is 30.0. The number of aromatic amines is 2. The predicted octanol–water partition coefficient (Wildman–Crippen LogP) is 1.62. The monoisotopic (exact) mass is 577 g/mol. The second kappa shape index (κ2) is 11.9. The fraction of sp³-hybridized carbons (Fsp3) is 0.538. The van der Waals surface area contributed by atoms with Crippen LogP contribution in [0.5, 0.6) is 0 Å². The van der Waals surface area contributed by atoms with Gasteiger partial charge in [0.05, 0.1) is 40.9 Å². The number of aliphatic hydroxyl groups is 2. The summed E-state index contributed by atoms with van der Waals surface area (Å²) in [5.74, 6) is 0. The van der Waals surface area contributed by atoms with E-state index in [9.17, 15) is 29.3 Å². The second-order valence-electron chi connectivity index (χ2n) is 10.8. The van der Waals surface area contributed by atoms with Crippen LogP contribution >= 0.6 is 7.60 Å². The lowest BCUT2D eigenvalue weighted by Gasteiger charge is -2.32. The summed E-state index contributed by atoms with van der Waals surface area (Å²) < 4.78 is 25.6. The smallest absolute Gasteiger partial charge is 0.331 e. The third kappa shape index (κ3) is 6.85. The zero-order valence-corrected chi connectivity index (χ0v) is 23.7. The maximum Gasteiger partial charge on any atom is 0.331 e. The van der Waals surface area contributed by atoms with Gasteiger partial charge in [0.15, 0.2) is 0 Å². The maximum absolute atomic E-state index is 12.9. The highest BCUT2D eigenvalue weighted by atomic mass is 31.2. The molecule has 218 valence electrons. The minimum atomic E-state index is -3.96. The van der Waals surface area contributed by atoms with Gasteiger partial charge >= 0.3 is 13.3 Å². The molecule has 0 spiro atoms. The molecule has 0 aliphatic carbocycles. The van der Waals surface area contributed by atoms with E-state index in [0.29, 0.717) is 18.5 Å². The summed E-state index contributed by atoms with van der Waals surface area (Å²) >= 11 is 0. The highest BCUT2D eigenvalue weighted by molar-refractivity contribution is 7.53. The van der Waals surface area contributed by atoms with Crippen molar-refractivity contribution in [3.63, 3.8) is 0 Å². The van der Waals surface area contributed by atoms with Crippen LogP contribution < -0.4 is 11.2 Å². The first kappa shape index (κ1) is 30.0. The number of hydrogen-bond acceptors (Lipinski definition) is 9. The minimum Gasteiger partial charge on any atom is -0.388 e. The van der Waals surface area contributed by atoms with Crippen LogP contribution in [-0.2, 0) is 26.8 Å². The van der Waals surface area contributed by atoms with Crippen molar-refractivity contribution in [1.29, 1.82) is 0 Å². The zero-order valence-electron chi connectivity index (χ0n) is 22.9. The average molecular weight is 578 g/mol. The maximum atomic E-state index is 12.9. The van der Waals surface area contributed by atoms with Crippen molar-refractivity contribution < 1.29 is 28.9 Å². The van der Waals surface area contributed by atoms with E-state index in [1.807, 2.05) is 30.3 Å². The fourth-order valence-corrected chi connectivity index (χ4v) is 6.21. The molecule has 5 N–H and O–H groups in total. The molecule has 0 saturated carbocycles. The Bertz CT molecular complexity index is 1470. The first-order valence-electron chi connectivity index (χ1n) is 13.1. The number of aliphatic hydroxyl groups excluding tert-OH is 2. The first-order chi connectivity index (χ1) is 18.8. The summed E-state index contributed by atoms with van der Waals surface area (Å²) in [6.45, 7) is 6.51. The van der Waals surface area contributed by atoms with Crippen molar-refractivity contribution in [1.82, 2.24) is 25.0 Å². The van der Waals surface area contributed by atoms with Crippen LogP contribution in [0.15, 0.2) is 46.1 Å². The molecular formula is C26H36N5O8P. The Kier molecular flexibility index (Phi) is 8.93. The van der Waals surface area contributed by atoms with Gasteiger partial charge in [-0.05, 0) is 25.8 Å². The van der Waals surface area contributed by atoms with Gasteiger partial charge in [-0.15, -0.1) is 5.10 Å². The van der Waals surface area contributed by atoms with Gasteiger partial charge < -0.3 is 29.4 Å². The van der Waals surface area contributed by atoms with Crippen LogP contribution in [0.4, 0.5) is 0 Å². The number of H-pyrrole nitrogens is 2. The van der Waals surface area contributed by atoms with Gasteiger partial charge in [-0.1, -0.05) is 49.4 Å². The van der Waals surface area contributed by atoms with Crippen molar-refractivity contribution in [2.75, 3.05) is 0 Å². The third-order valence-corrected chi connectivity index (χ3v) is 9.30. The largest absolute Gasteiger partial charge is 0.388 e. The van der Waals surface area contributed by atoms with Gasteiger partial charge in [0.25, 0.3) is 5.56 Å². The van der Waals surface area contributed by atoms with Gasteiger partial charge in [0.1, 0.15) is 18.3 Å². The number of ether oxygens (including phenoxy) is 1. The lowest BCUT2D eigenvalue weighted by Crippen LogP contribution is -2.37. The molecule has 0 bridgehead atoms. The van der Waals surface area contributed by atoms with Crippen LogP contribution in [0.1, 0.15) is 69.2 Å². The van der Waals surface area contributed by atoms with Gasteiger partial charge in [-0.3, -0.25) is 14.3 Å².